The maximum atomic E-state index is 6.14. The first-order valence-corrected chi connectivity index (χ1v) is 8.62. The molecule has 1 atom stereocenters. The van der Waals surface area contributed by atoms with Gasteiger partial charge in [0.05, 0.1) is 18.4 Å². The second-order valence-corrected chi connectivity index (χ2v) is 6.73. The summed E-state index contributed by atoms with van der Waals surface area (Å²) < 4.78 is 12.0. The third kappa shape index (κ3) is 3.28. The van der Waals surface area contributed by atoms with Gasteiger partial charge >= 0.3 is 0 Å². The summed E-state index contributed by atoms with van der Waals surface area (Å²) in [5.41, 5.74) is 1.36. The summed E-state index contributed by atoms with van der Waals surface area (Å²) in [6.45, 7) is 4.62. The SMILES string of the molecule is c1cncc(OCC[C@@H]2CCOC23CN(Cc2ccncc2)C3)c1. The Labute approximate surface area is 142 Å². The van der Waals surface area contributed by atoms with Gasteiger partial charge < -0.3 is 9.47 Å². The Kier molecular flexibility index (Phi) is 4.45. The zero-order valence-electron chi connectivity index (χ0n) is 13.8. The maximum Gasteiger partial charge on any atom is 0.137 e. The topological polar surface area (TPSA) is 47.5 Å². The number of rotatable bonds is 6. The zero-order valence-corrected chi connectivity index (χ0v) is 13.8. The normalized spacial score (nSPS) is 22.4. The first-order chi connectivity index (χ1) is 11.8. The largest absolute Gasteiger partial charge is 0.492 e. The van der Waals surface area contributed by atoms with Crippen molar-refractivity contribution in [3.8, 4) is 5.75 Å². The first-order valence-electron chi connectivity index (χ1n) is 8.62. The summed E-state index contributed by atoms with van der Waals surface area (Å²) in [6, 6.07) is 8.02. The smallest absolute Gasteiger partial charge is 0.137 e. The molecule has 0 N–H and O–H groups in total. The standard InChI is InChI=1S/C19H23N3O2/c1-2-18(12-21-7-1)23-10-5-17-6-11-24-19(17)14-22(15-19)13-16-3-8-20-9-4-16/h1-4,7-9,12,17H,5-6,10-11,13-15H2/t17-/m1/s1. The molecule has 2 fully saturated rings. The zero-order chi connectivity index (χ0) is 16.2. The highest BCUT2D eigenvalue weighted by atomic mass is 16.5. The Morgan fingerprint density at radius 1 is 1.17 bits per heavy atom. The summed E-state index contributed by atoms with van der Waals surface area (Å²) in [4.78, 5) is 10.6. The highest BCUT2D eigenvalue weighted by Gasteiger charge is 2.52. The van der Waals surface area contributed by atoms with Crippen LogP contribution in [0.1, 0.15) is 18.4 Å². The Bertz CT molecular complexity index is 644. The molecule has 4 heterocycles. The van der Waals surface area contributed by atoms with Crippen molar-refractivity contribution >= 4 is 0 Å². The lowest BCUT2D eigenvalue weighted by Gasteiger charge is -2.50. The van der Waals surface area contributed by atoms with Crippen LogP contribution in [0.2, 0.25) is 0 Å². The predicted octanol–water partition coefficient (Wildman–Crippen LogP) is 2.54. The van der Waals surface area contributed by atoms with E-state index in [-0.39, 0.29) is 5.60 Å². The summed E-state index contributed by atoms with van der Waals surface area (Å²) >= 11 is 0. The van der Waals surface area contributed by atoms with Crippen molar-refractivity contribution < 1.29 is 9.47 Å². The molecule has 2 saturated heterocycles. The van der Waals surface area contributed by atoms with Crippen molar-refractivity contribution in [1.29, 1.82) is 0 Å². The fourth-order valence-corrected chi connectivity index (χ4v) is 3.86. The van der Waals surface area contributed by atoms with Crippen LogP contribution >= 0.6 is 0 Å². The Morgan fingerprint density at radius 2 is 2.04 bits per heavy atom. The van der Waals surface area contributed by atoms with Crippen LogP contribution in [0.15, 0.2) is 49.1 Å². The molecule has 0 aromatic carbocycles. The van der Waals surface area contributed by atoms with Crippen molar-refractivity contribution in [1.82, 2.24) is 14.9 Å². The number of ether oxygens (including phenoxy) is 2. The van der Waals surface area contributed by atoms with Gasteiger partial charge in [0.15, 0.2) is 0 Å². The van der Waals surface area contributed by atoms with Crippen LogP contribution in [0.5, 0.6) is 5.75 Å². The molecule has 5 nitrogen and oxygen atoms in total. The van der Waals surface area contributed by atoms with E-state index in [0.29, 0.717) is 5.92 Å². The van der Waals surface area contributed by atoms with Gasteiger partial charge in [-0.3, -0.25) is 14.9 Å². The van der Waals surface area contributed by atoms with E-state index in [1.807, 2.05) is 24.5 Å². The lowest BCUT2D eigenvalue weighted by Crippen LogP contribution is -2.64. The first kappa shape index (κ1) is 15.5. The minimum atomic E-state index is 0.0470. The van der Waals surface area contributed by atoms with Gasteiger partial charge in [0, 0.05) is 44.8 Å². The van der Waals surface area contributed by atoms with E-state index < -0.39 is 0 Å². The summed E-state index contributed by atoms with van der Waals surface area (Å²) in [7, 11) is 0. The van der Waals surface area contributed by atoms with Crippen LogP contribution < -0.4 is 4.74 Å². The number of nitrogens with zero attached hydrogens (tertiary/aromatic N) is 3. The van der Waals surface area contributed by atoms with Crippen molar-refractivity contribution in [2.75, 3.05) is 26.3 Å². The molecule has 1 spiro atoms. The predicted molar refractivity (Wildman–Crippen MR) is 90.7 cm³/mol. The van der Waals surface area contributed by atoms with E-state index in [1.165, 1.54) is 5.56 Å². The van der Waals surface area contributed by atoms with Gasteiger partial charge in [0.25, 0.3) is 0 Å². The van der Waals surface area contributed by atoms with Crippen LogP contribution in [-0.2, 0) is 11.3 Å². The summed E-state index contributed by atoms with van der Waals surface area (Å²) in [6.07, 6.45) is 9.42. The molecule has 126 valence electrons. The van der Waals surface area contributed by atoms with Crippen molar-refractivity contribution in [2.24, 2.45) is 5.92 Å². The third-order valence-corrected chi connectivity index (χ3v) is 5.11. The van der Waals surface area contributed by atoms with Gasteiger partial charge in [0.2, 0.25) is 0 Å². The number of hydrogen-bond acceptors (Lipinski definition) is 5. The molecule has 2 aliphatic rings. The van der Waals surface area contributed by atoms with Crippen molar-refractivity contribution in [3.63, 3.8) is 0 Å². The second kappa shape index (κ2) is 6.87. The molecule has 0 radical (unpaired) electrons. The Hall–Kier alpha value is -1.98. The van der Waals surface area contributed by atoms with Crippen LogP contribution in [0.3, 0.4) is 0 Å². The van der Waals surface area contributed by atoms with E-state index in [2.05, 4.69) is 27.0 Å². The quantitative estimate of drug-likeness (QED) is 0.817. The van der Waals surface area contributed by atoms with Crippen LogP contribution in [0.25, 0.3) is 0 Å². The lowest BCUT2D eigenvalue weighted by atomic mass is 9.79. The lowest BCUT2D eigenvalue weighted by molar-refractivity contribution is -0.138. The molecule has 0 saturated carbocycles. The minimum absolute atomic E-state index is 0.0470. The molecule has 0 unspecified atom stereocenters. The van der Waals surface area contributed by atoms with Crippen molar-refractivity contribution in [3.05, 3.63) is 54.6 Å². The summed E-state index contributed by atoms with van der Waals surface area (Å²) in [5.74, 6) is 1.43. The molecular formula is C19H23N3O2. The van der Waals surface area contributed by atoms with Gasteiger partial charge in [-0.15, -0.1) is 0 Å². The van der Waals surface area contributed by atoms with Gasteiger partial charge in [-0.2, -0.15) is 0 Å². The molecule has 5 heteroatoms. The Morgan fingerprint density at radius 3 is 2.83 bits per heavy atom. The molecule has 4 rings (SSSR count). The Balaban J connectivity index is 1.27. The molecule has 0 bridgehead atoms. The van der Waals surface area contributed by atoms with Gasteiger partial charge in [0.1, 0.15) is 5.75 Å². The number of likely N-dealkylation sites (tertiary alicyclic amines) is 1. The molecule has 0 aliphatic carbocycles. The molecule has 2 aliphatic heterocycles. The molecule has 2 aromatic heterocycles. The molecule has 0 amide bonds. The van der Waals surface area contributed by atoms with Crippen LogP contribution in [-0.4, -0.2) is 46.8 Å². The molecule has 2 aromatic rings. The molecular weight excluding hydrogens is 302 g/mol. The highest BCUT2D eigenvalue weighted by molar-refractivity contribution is 5.16. The minimum Gasteiger partial charge on any atom is -0.492 e. The highest BCUT2D eigenvalue weighted by Crippen LogP contribution is 2.42. The van der Waals surface area contributed by atoms with E-state index in [4.69, 9.17) is 9.47 Å². The maximum absolute atomic E-state index is 6.14. The van der Waals surface area contributed by atoms with Gasteiger partial charge in [-0.1, -0.05) is 0 Å². The number of aromatic nitrogens is 2. The number of hydrogen-bond donors (Lipinski definition) is 0. The third-order valence-electron chi connectivity index (χ3n) is 5.11. The monoisotopic (exact) mass is 325 g/mol. The van der Waals surface area contributed by atoms with E-state index in [0.717, 1.165) is 51.4 Å². The van der Waals surface area contributed by atoms with Crippen LogP contribution in [0, 0.1) is 5.92 Å². The summed E-state index contributed by atoms with van der Waals surface area (Å²) in [5, 5.41) is 0. The van der Waals surface area contributed by atoms with Gasteiger partial charge in [-0.05, 0) is 48.6 Å². The van der Waals surface area contributed by atoms with E-state index in [1.54, 1.807) is 12.4 Å². The molecule has 24 heavy (non-hydrogen) atoms. The second-order valence-electron chi connectivity index (χ2n) is 6.73. The van der Waals surface area contributed by atoms with E-state index >= 15 is 0 Å². The average Bonchev–Trinajstić information content (AvgIpc) is 3.00. The van der Waals surface area contributed by atoms with Gasteiger partial charge in [-0.25, -0.2) is 0 Å². The van der Waals surface area contributed by atoms with Crippen molar-refractivity contribution in [2.45, 2.75) is 25.0 Å². The number of pyridine rings is 2. The average molecular weight is 325 g/mol. The fourth-order valence-electron chi connectivity index (χ4n) is 3.86. The fraction of sp³-hybridized carbons (Fsp3) is 0.474. The van der Waals surface area contributed by atoms with E-state index in [9.17, 15) is 0 Å². The van der Waals surface area contributed by atoms with Crippen LogP contribution in [0.4, 0.5) is 0 Å².